The van der Waals surface area contributed by atoms with Crippen molar-refractivity contribution >= 4 is 5.95 Å². The highest BCUT2D eigenvalue weighted by Crippen LogP contribution is 2.07. The fourth-order valence-electron chi connectivity index (χ4n) is 0.731. The highest BCUT2D eigenvalue weighted by atomic mass is 15.4. The van der Waals surface area contributed by atoms with Crippen LogP contribution in [0, 0.1) is 0 Å². The van der Waals surface area contributed by atoms with Gasteiger partial charge in [0.2, 0.25) is 5.95 Å². The summed E-state index contributed by atoms with van der Waals surface area (Å²) >= 11 is 0. The molecule has 5 heteroatoms. The molecule has 1 aromatic rings. The minimum absolute atomic E-state index is 0.286. The molecule has 0 saturated heterocycles. The number of nitrogens with one attached hydrogen (secondary N) is 1. The molecule has 0 amide bonds. The van der Waals surface area contributed by atoms with Crippen molar-refractivity contribution in [3.63, 3.8) is 0 Å². The van der Waals surface area contributed by atoms with Gasteiger partial charge in [-0.2, -0.15) is 10.1 Å². The highest BCUT2D eigenvalue weighted by Gasteiger charge is 2.03. The zero-order chi connectivity index (χ0) is 7.56. The monoisotopic (exact) mass is 141 g/mol. The standard InChI is InChI=1S/C5H11N5/c1-4(2)10-5(9-6)7-3-8-10/h3-4H,6H2,1-2H3,(H,7,8,9). The van der Waals surface area contributed by atoms with E-state index < -0.39 is 0 Å². The lowest BCUT2D eigenvalue weighted by Crippen LogP contribution is -2.15. The Bertz CT molecular complexity index is 204. The Kier molecular flexibility index (Phi) is 1.86. The van der Waals surface area contributed by atoms with Gasteiger partial charge < -0.3 is 0 Å². The van der Waals surface area contributed by atoms with Crippen LogP contribution in [0.1, 0.15) is 19.9 Å². The molecule has 1 aromatic heterocycles. The van der Waals surface area contributed by atoms with Crippen LogP contribution in [0.2, 0.25) is 0 Å². The number of hydrogen-bond donors (Lipinski definition) is 2. The number of nitrogens with two attached hydrogens (primary N) is 1. The zero-order valence-electron chi connectivity index (χ0n) is 6.07. The largest absolute Gasteiger partial charge is 0.293 e. The first kappa shape index (κ1) is 7.01. The molecule has 10 heavy (non-hydrogen) atoms. The summed E-state index contributed by atoms with van der Waals surface area (Å²) in [5, 5.41) is 3.95. The van der Waals surface area contributed by atoms with Crippen molar-refractivity contribution in [1.29, 1.82) is 0 Å². The number of anilines is 1. The molecule has 0 atom stereocenters. The Hall–Kier alpha value is -1.10. The minimum Gasteiger partial charge on any atom is -0.293 e. The summed E-state index contributed by atoms with van der Waals surface area (Å²) in [6.07, 6.45) is 1.47. The van der Waals surface area contributed by atoms with Gasteiger partial charge in [0, 0.05) is 0 Å². The summed E-state index contributed by atoms with van der Waals surface area (Å²) in [6.45, 7) is 4.02. The zero-order valence-corrected chi connectivity index (χ0v) is 6.07. The molecule has 0 saturated carbocycles. The van der Waals surface area contributed by atoms with E-state index in [1.807, 2.05) is 13.8 Å². The maximum Gasteiger partial charge on any atom is 0.235 e. The molecule has 0 aliphatic heterocycles. The van der Waals surface area contributed by atoms with E-state index in [4.69, 9.17) is 5.84 Å². The summed E-state index contributed by atoms with van der Waals surface area (Å²) in [6, 6.07) is 0.286. The molecule has 3 N–H and O–H groups in total. The van der Waals surface area contributed by atoms with Gasteiger partial charge in [0.25, 0.3) is 0 Å². The lowest BCUT2D eigenvalue weighted by Gasteiger charge is -2.06. The molecule has 5 nitrogen and oxygen atoms in total. The maximum absolute atomic E-state index is 5.16. The normalized spacial score (nSPS) is 10.4. The Morgan fingerprint density at radius 2 is 2.40 bits per heavy atom. The van der Waals surface area contributed by atoms with Crippen molar-refractivity contribution in [3.8, 4) is 0 Å². The number of nitrogens with zero attached hydrogens (tertiary/aromatic N) is 3. The smallest absolute Gasteiger partial charge is 0.235 e. The van der Waals surface area contributed by atoms with E-state index in [0.717, 1.165) is 0 Å². The minimum atomic E-state index is 0.286. The molecule has 0 bridgehead atoms. The van der Waals surface area contributed by atoms with Gasteiger partial charge in [-0.3, -0.25) is 5.43 Å². The van der Waals surface area contributed by atoms with Crippen molar-refractivity contribution in [2.45, 2.75) is 19.9 Å². The van der Waals surface area contributed by atoms with Crippen LogP contribution in [0.15, 0.2) is 6.33 Å². The molecule has 0 aliphatic rings. The molecule has 0 unspecified atom stereocenters. The predicted octanol–water partition coefficient (Wildman–Crippen LogP) is 0.145. The molecule has 0 aromatic carbocycles. The van der Waals surface area contributed by atoms with Gasteiger partial charge in [0.1, 0.15) is 6.33 Å². The molecule has 0 radical (unpaired) electrons. The molecule has 0 aliphatic carbocycles. The quantitative estimate of drug-likeness (QED) is 0.454. The SMILES string of the molecule is CC(C)n1ncnc1NN. The van der Waals surface area contributed by atoms with E-state index in [9.17, 15) is 0 Å². The van der Waals surface area contributed by atoms with E-state index >= 15 is 0 Å². The van der Waals surface area contributed by atoms with Crippen LogP contribution >= 0.6 is 0 Å². The molecule has 1 rings (SSSR count). The van der Waals surface area contributed by atoms with Crippen LogP contribution in [0.25, 0.3) is 0 Å². The Balaban J connectivity index is 2.90. The second-order valence-electron chi connectivity index (χ2n) is 2.27. The second-order valence-corrected chi connectivity index (χ2v) is 2.27. The number of rotatable bonds is 2. The maximum atomic E-state index is 5.16. The van der Waals surface area contributed by atoms with E-state index in [-0.39, 0.29) is 6.04 Å². The predicted molar refractivity (Wildman–Crippen MR) is 38.2 cm³/mol. The number of hydrogen-bond acceptors (Lipinski definition) is 4. The molecule has 1 heterocycles. The van der Waals surface area contributed by atoms with Gasteiger partial charge in [-0.15, -0.1) is 0 Å². The van der Waals surface area contributed by atoms with Crippen LogP contribution in [-0.4, -0.2) is 14.8 Å². The second kappa shape index (κ2) is 2.66. The lowest BCUT2D eigenvalue weighted by atomic mass is 10.4. The van der Waals surface area contributed by atoms with Crippen molar-refractivity contribution in [1.82, 2.24) is 14.8 Å². The van der Waals surface area contributed by atoms with Crippen molar-refractivity contribution in [2.75, 3.05) is 5.43 Å². The number of hydrazine groups is 1. The van der Waals surface area contributed by atoms with Crippen molar-refractivity contribution in [2.24, 2.45) is 5.84 Å². The van der Waals surface area contributed by atoms with Crippen LogP contribution in [0.5, 0.6) is 0 Å². The summed E-state index contributed by atoms with van der Waals surface area (Å²) in [5.41, 5.74) is 2.45. The van der Waals surface area contributed by atoms with Gasteiger partial charge in [-0.1, -0.05) is 0 Å². The third-order valence-electron chi connectivity index (χ3n) is 1.19. The fourth-order valence-corrected chi connectivity index (χ4v) is 0.731. The van der Waals surface area contributed by atoms with E-state index in [1.54, 1.807) is 4.68 Å². The molecule has 0 fully saturated rings. The summed E-state index contributed by atoms with van der Waals surface area (Å²) in [7, 11) is 0. The average molecular weight is 141 g/mol. The van der Waals surface area contributed by atoms with Gasteiger partial charge in [-0.25, -0.2) is 10.5 Å². The van der Waals surface area contributed by atoms with E-state index in [2.05, 4.69) is 15.5 Å². The molecular formula is C5H11N5. The van der Waals surface area contributed by atoms with Gasteiger partial charge in [0.15, 0.2) is 0 Å². The molecular weight excluding hydrogens is 130 g/mol. The average Bonchev–Trinajstić information content (AvgIpc) is 2.33. The van der Waals surface area contributed by atoms with Crippen LogP contribution in [-0.2, 0) is 0 Å². The Labute approximate surface area is 59.2 Å². The molecule has 0 spiro atoms. The first-order valence-corrected chi connectivity index (χ1v) is 3.12. The topological polar surface area (TPSA) is 68.8 Å². The lowest BCUT2D eigenvalue weighted by molar-refractivity contribution is 0.537. The van der Waals surface area contributed by atoms with Crippen molar-refractivity contribution in [3.05, 3.63) is 6.33 Å². The van der Waals surface area contributed by atoms with Crippen LogP contribution in [0.4, 0.5) is 5.95 Å². The Morgan fingerprint density at radius 3 is 2.80 bits per heavy atom. The number of aromatic nitrogens is 3. The first-order valence-electron chi connectivity index (χ1n) is 3.12. The summed E-state index contributed by atoms with van der Waals surface area (Å²) in [5.74, 6) is 5.75. The molecule has 56 valence electrons. The highest BCUT2D eigenvalue weighted by molar-refractivity contribution is 5.20. The van der Waals surface area contributed by atoms with Crippen LogP contribution in [0.3, 0.4) is 0 Å². The number of nitrogen functional groups attached to an aromatic ring is 1. The van der Waals surface area contributed by atoms with E-state index in [1.165, 1.54) is 6.33 Å². The summed E-state index contributed by atoms with van der Waals surface area (Å²) in [4.78, 5) is 3.87. The Morgan fingerprint density at radius 1 is 1.70 bits per heavy atom. The van der Waals surface area contributed by atoms with Gasteiger partial charge >= 0.3 is 0 Å². The van der Waals surface area contributed by atoms with Gasteiger partial charge in [-0.05, 0) is 13.8 Å². The first-order chi connectivity index (χ1) is 4.75. The third kappa shape index (κ3) is 1.08. The fraction of sp³-hybridized carbons (Fsp3) is 0.600. The van der Waals surface area contributed by atoms with E-state index in [0.29, 0.717) is 5.95 Å². The van der Waals surface area contributed by atoms with Crippen LogP contribution < -0.4 is 11.3 Å². The van der Waals surface area contributed by atoms with Gasteiger partial charge in [0.05, 0.1) is 6.04 Å². The summed E-state index contributed by atoms with van der Waals surface area (Å²) < 4.78 is 1.71. The van der Waals surface area contributed by atoms with Crippen molar-refractivity contribution < 1.29 is 0 Å². The third-order valence-corrected chi connectivity index (χ3v) is 1.19.